The number of hydrogen-bond donors (Lipinski definition) is 1. The standard InChI is InChI=1S/C13H12ClN3OS/c14-9-3-1-2-8(6-9)12(18)17-5-4-10-11(7-17)19-13(15)16-10/h1-3,6H,4-5,7H2,(H2,15,16). The lowest BCUT2D eigenvalue weighted by atomic mass is 10.1. The van der Waals surface area contributed by atoms with Crippen LogP contribution in [0.4, 0.5) is 5.13 Å². The molecule has 1 aromatic carbocycles. The van der Waals surface area contributed by atoms with E-state index in [1.54, 1.807) is 24.3 Å². The smallest absolute Gasteiger partial charge is 0.254 e. The Bertz CT molecular complexity index is 641. The van der Waals surface area contributed by atoms with Gasteiger partial charge >= 0.3 is 0 Å². The first kappa shape index (κ1) is 12.4. The highest BCUT2D eigenvalue weighted by molar-refractivity contribution is 7.15. The van der Waals surface area contributed by atoms with Crippen molar-refractivity contribution >= 4 is 34.0 Å². The van der Waals surface area contributed by atoms with Crippen LogP contribution in [0.2, 0.25) is 5.02 Å². The minimum Gasteiger partial charge on any atom is -0.375 e. The molecule has 2 N–H and O–H groups in total. The third-order valence-electron chi connectivity index (χ3n) is 3.11. The van der Waals surface area contributed by atoms with Crippen molar-refractivity contribution in [1.82, 2.24) is 9.88 Å². The highest BCUT2D eigenvalue weighted by atomic mass is 35.5. The molecule has 0 spiro atoms. The Labute approximate surface area is 119 Å². The van der Waals surface area contributed by atoms with Gasteiger partial charge in [0.1, 0.15) is 0 Å². The summed E-state index contributed by atoms with van der Waals surface area (Å²) in [4.78, 5) is 19.6. The number of nitrogens with zero attached hydrogens (tertiary/aromatic N) is 2. The highest BCUT2D eigenvalue weighted by Gasteiger charge is 2.24. The summed E-state index contributed by atoms with van der Waals surface area (Å²) in [6.45, 7) is 1.25. The monoisotopic (exact) mass is 293 g/mol. The first-order chi connectivity index (χ1) is 9.13. The summed E-state index contributed by atoms with van der Waals surface area (Å²) in [6, 6.07) is 7.03. The third-order valence-corrected chi connectivity index (χ3v) is 4.25. The van der Waals surface area contributed by atoms with Gasteiger partial charge in [0.25, 0.3) is 5.91 Å². The predicted molar refractivity (Wildman–Crippen MR) is 76.4 cm³/mol. The lowest BCUT2D eigenvalue weighted by molar-refractivity contribution is 0.0736. The van der Waals surface area contributed by atoms with Crippen LogP contribution in [0.3, 0.4) is 0 Å². The minimum atomic E-state index is 0.000112. The maximum absolute atomic E-state index is 12.4. The number of amides is 1. The third kappa shape index (κ3) is 2.43. The van der Waals surface area contributed by atoms with E-state index in [0.717, 1.165) is 17.0 Å². The quantitative estimate of drug-likeness (QED) is 0.879. The van der Waals surface area contributed by atoms with Gasteiger partial charge in [-0.25, -0.2) is 4.98 Å². The zero-order valence-corrected chi connectivity index (χ0v) is 11.7. The topological polar surface area (TPSA) is 59.2 Å². The largest absolute Gasteiger partial charge is 0.375 e. The molecule has 19 heavy (non-hydrogen) atoms. The number of carbonyl (C=O) groups excluding carboxylic acids is 1. The first-order valence-corrected chi connectivity index (χ1v) is 7.12. The van der Waals surface area contributed by atoms with Gasteiger partial charge in [0, 0.05) is 28.4 Å². The zero-order valence-electron chi connectivity index (χ0n) is 10.1. The van der Waals surface area contributed by atoms with E-state index in [1.165, 1.54) is 11.3 Å². The van der Waals surface area contributed by atoms with Crippen LogP contribution in [-0.4, -0.2) is 22.3 Å². The van der Waals surface area contributed by atoms with Crippen molar-refractivity contribution in [3.63, 3.8) is 0 Å². The van der Waals surface area contributed by atoms with E-state index in [-0.39, 0.29) is 5.91 Å². The number of nitrogens with two attached hydrogens (primary N) is 1. The summed E-state index contributed by atoms with van der Waals surface area (Å²) in [5.41, 5.74) is 7.34. The molecule has 0 radical (unpaired) electrons. The van der Waals surface area contributed by atoms with E-state index in [9.17, 15) is 4.79 Å². The van der Waals surface area contributed by atoms with Gasteiger partial charge < -0.3 is 10.6 Å². The molecule has 0 atom stereocenters. The molecule has 0 saturated carbocycles. The zero-order chi connectivity index (χ0) is 13.4. The summed E-state index contributed by atoms with van der Waals surface area (Å²) in [6.07, 6.45) is 0.759. The molecule has 1 aliphatic heterocycles. The summed E-state index contributed by atoms with van der Waals surface area (Å²) >= 11 is 7.37. The van der Waals surface area contributed by atoms with Gasteiger partial charge in [-0.15, -0.1) is 11.3 Å². The number of benzene rings is 1. The Morgan fingerprint density at radius 3 is 3.11 bits per heavy atom. The molecular formula is C13H12ClN3OS. The van der Waals surface area contributed by atoms with Gasteiger partial charge in [-0.1, -0.05) is 17.7 Å². The number of anilines is 1. The lowest BCUT2D eigenvalue weighted by Crippen LogP contribution is -2.35. The van der Waals surface area contributed by atoms with Gasteiger partial charge in [-0.2, -0.15) is 0 Å². The normalized spacial score (nSPS) is 14.3. The molecule has 98 valence electrons. The van der Waals surface area contributed by atoms with E-state index < -0.39 is 0 Å². The molecule has 2 heterocycles. The van der Waals surface area contributed by atoms with E-state index in [0.29, 0.717) is 28.8 Å². The van der Waals surface area contributed by atoms with Gasteiger partial charge in [0.15, 0.2) is 5.13 Å². The van der Waals surface area contributed by atoms with Crippen molar-refractivity contribution in [2.24, 2.45) is 0 Å². The lowest BCUT2D eigenvalue weighted by Gasteiger charge is -2.26. The van der Waals surface area contributed by atoms with E-state index >= 15 is 0 Å². The fourth-order valence-electron chi connectivity index (χ4n) is 2.19. The van der Waals surface area contributed by atoms with Crippen molar-refractivity contribution in [2.45, 2.75) is 13.0 Å². The second-order valence-electron chi connectivity index (χ2n) is 4.41. The van der Waals surface area contributed by atoms with Gasteiger partial charge in [0.05, 0.1) is 12.2 Å². The molecule has 1 aromatic heterocycles. The fourth-order valence-corrected chi connectivity index (χ4v) is 3.28. The van der Waals surface area contributed by atoms with Crippen molar-refractivity contribution in [3.8, 4) is 0 Å². The Kier molecular flexibility index (Phi) is 3.16. The molecular weight excluding hydrogens is 282 g/mol. The van der Waals surface area contributed by atoms with Crippen LogP contribution < -0.4 is 5.73 Å². The number of halogens is 1. The number of hydrogen-bond acceptors (Lipinski definition) is 4. The van der Waals surface area contributed by atoms with Crippen molar-refractivity contribution in [1.29, 1.82) is 0 Å². The van der Waals surface area contributed by atoms with Gasteiger partial charge in [0.2, 0.25) is 0 Å². The average molecular weight is 294 g/mol. The van der Waals surface area contributed by atoms with Gasteiger partial charge in [-0.3, -0.25) is 4.79 Å². The van der Waals surface area contributed by atoms with Crippen LogP contribution in [0.1, 0.15) is 20.9 Å². The van der Waals surface area contributed by atoms with Crippen LogP contribution in [0.15, 0.2) is 24.3 Å². The van der Waals surface area contributed by atoms with Crippen molar-refractivity contribution in [2.75, 3.05) is 12.3 Å². The average Bonchev–Trinajstić information content (AvgIpc) is 2.76. The Balaban J connectivity index is 1.83. The molecule has 0 aliphatic carbocycles. The fraction of sp³-hybridized carbons (Fsp3) is 0.231. The molecule has 4 nitrogen and oxygen atoms in total. The van der Waals surface area contributed by atoms with Gasteiger partial charge in [-0.05, 0) is 18.2 Å². The second-order valence-corrected chi connectivity index (χ2v) is 5.96. The number of thiazole rings is 1. The number of rotatable bonds is 1. The number of carbonyl (C=O) groups is 1. The minimum absolute atomic E-state index is 0.000112. The van der Waals surface area contributed by atoms with Crippen LogP contribution in [0.25, 0.3) is 0 Å². The predicted octanol–water partition coefficient (Wildman–Crippen LogP) is 2.58. The highest BCUT2D eigenvalue weighted by Crippen LogP contribution is 2.27. The molecule has 1 aliphatic rings. The summed E-state index contributed by atoms with van der Waals surface area (Å²) < 4.78 is 0. The van der Waals surface area contributed by atoms with Crippen molar-refractivity contribution < 1.29 is 4.79 Å². The molecule has 6 heteroatoms. The molecule has 0 unspecified atom stereocenters. The summed E-state index contributed by atoms with van der Waals surface area (Å²) in [5, 5.41) is 1.15. The van der Waals surface area contributed by atoms with E-state index in [1.807, 2.05) is 4.90 Å². The summed E-state index contributed by atoms with van der Waals surface area (Å²) in [5.74, 6) is 0.000112. The SMILES string of the molecule is Nc1nc2c(s1)CN(C(=O)c1cccc(Cl)c1)CC2. The summed E-state index contributed by atoms with van der Waals surface area (Å²) in [7, 11) is 0. The molecule has 0 bridgehead atoms. The Morgan fingerprint density at radius 1 is 1.47 bits per heavy atom. The molecule has 0 fully saturated rings. The molecule has 3 rings (SSSR count). The number of fused-ring (bicyclic) bond motifs is 1. The second kappa shape index (κ2) is 4.83. The van der Waals surface area contributed by atoms with Crippen molar-refractivity contribution in [3.05, 3.63) is 45.4 Å². The molecule has 0 saturated heterocycles. The Hall–Kier alpha value is -1.59. The maximum Gasteiger partial charge on any atom is 0.254 e. The van der Waals surface area contributed by atoms with Crippen LogP contribution in [0, 0.1) is 0 Å². The number of nitrogen functional groups attached to an aromatic ring is 1. The maximum atomic E-state index is 12.4. The van der Waals surface area contributed by atoms with Crippen LogP contribution in [-0.2, 0) is 13.0 Å². The van der Waals surface area contributed by atoms with Crippen LogP contribution >= 0.6 is 22.9 Å². The van der Waals surface area contributed by atoms with E-state index in [4.69, 9.17) is 17.3 Å². The van der Waals surface area contributed by atoms with E-state index in [2.05, 4.69) is 4.98 Å². The van der Waals surface area contributed by atoms with Crippen LogP contribution in [0.5, 0.6) is 0 Å². The Morgan fingerprint density at radius 2 is 2.32 bits per heavy atom. The molecule has 1 amide bonds. The first-order valence-electron chi connectivity index (χ1n) is 5.92. The molecule has 2 aromatic rings. The number of aromatic nitrogens is 1.